The van der Waals surface area contributed by atoms with Crippen LogP contribution < -0.4 is 0 Å². The van der Waals surface area contributed by atoms with Crippen LogP contribution >= 0.6 is 0 Å². The van der Waals surface area contributed by atoms with Gasteiger partial charge in [-0.2, -0.15) is 0 Å². The number of carbonyl (C=O) groups excluding carboxylic acids is 2. The van der Waals surface area contributed by atoms with Crippen molar-refractivity contribution >= 4 is 17.8 Å². The molecule has 1 aromatic heterocycles. The molecule has 0 aliphatic carbocycles. The molecule has 0 aliphatic heterocycles. The summed E-state index contributed by atoms with van der Waals surface area (Å²) < 4.78 is 9.72. The Bertz CT molecular complexity index is 453. The van der Waals surface area contributed by atoms with E-state index in [0.717, 1.165) is 0 Å². The summed E-state index contributed by atoms with van der Waals surface area (Å²) in [6.45, 7) is 2.87. The molecule has 0 aliphatic rings. The van der Waals surface area contributed by atoms with Crippen LogP contribution in [0.5, 0.6) is 0 Å². The summed E-state index contributed by atoms with van der Waals surface area (Å²) in [6, 6.07) is 5.20. The van der Waals surface area contributed by atoms with Crippen LogP contribution in [0, 0.1) is 0 Å². The van der Waals surface area contributed by atoms with Crippen molar-refractivity contribution < 1.29 is 19.1 Å². The van der Waals surface area contributed by atoms with E-state index in [1.807, 2.05) is 0 Å². The number of Topliss-reactive ketones (excluding diaryl/α,β-unsaturated/α-hetero) is 1. The maximum Gasteiger partial charge on any atom is 0.344 e. The average Bonchev–Trinajstić information content (AvgIpc) is 2.36. The number of aromatic nitrogens is 1. The van der Waals surface area contributed by atoms with E-state index in [1.54, 1.807) is 31.3 Å². The fourth-order valence-electron chi connectivity index (χ4n) is 1.18. The molecule has 1 aromatic rings. The van der Waals surface area contributed by atoms with Crippen LogP contribution in [0.2, 0.25) is 0 Å². The zero-order valence-corrected chi connectivity index (χ0v) is 10.5. The monoisotopic (exact) mass is 249 g/mol. The van der Waals surface area contributed by atoms with Gasteiger partial charge in [-0.1, -0.05) is 6.07 Å². The third kappa shape index (κ3) is 4.10. The van der Waals surface area contributed by atoms with Crippen LogP contribution in [0.1, 0.15) is 19.5 Å². The Balaban J connectivity index is 2.93. The van der Waals surface area contributed by atoms with Gasteiger partial charge in [0, 0.05) is 13.3 Å². The zero-order chi connectivity index (χ0) is 13.5. The number of methoxy groups -OCH3 is 1. The number of carbonyl (C=O) groups is 2. The van der Waals surface area contributed by atoms with E-state index in [2.05, 4.69) is 4.98 Å². The highest BCUT2D eigenvalue weighted by Crippen LogP contribution is 2.08. The van der Waals surface area contributed by atoms with Crippen LogP contribution in [0.4, 0.5) is 0 Å². The van der Waals surface area contributed by atoms with Crippen molar-refractivity contribution in [3.8, 4) is 0 Å². The van der Waals surface area contributed by atoms with Gasteiger partial charge in [-0.15, -0.1) is 0 Å². The van der Waals surface area contributed by atoms with Crippen LogP contribution in [-0.2, 0) is 19.1 Å². The largest absolute Gasteiger partial charge is 0.432 e. The second-order valence-corrected chi connectivity index (χ2v) is 3.58. The van der Waals surface area contributed by atoms with E-state index in [4.69, 9.17) is 9.47 Å². The first-order valence-corrected chi connectivity index (χ1v) is 5.42. The topological polar surface area (TPSA) is 65.5 Å². The number of nitrogens with zero attached hydrogens (tertiary/aromatic N) is 1. The number of esters is 1. The van der Waals surface area contributed by atoms with E-state index in [-0.39, 0.29) is 11.4 Å². The van der Waals surface area contributed by atoms with Crippen molar-refractivity contribution in [2.45, 2.75) is 20.1 Å². The molecule has 1 rings (SSSR count). The van der Waals surface area contributed by atoms with Crippen LogP contribution in [0.25, 0.3) is 6.08 Å². The molecule has 5 heteroatoms. The number of ketones is 1. The van der Waals surface area contributed by atoms with Gasteiger partial charge in [0.2, 0.25) is 0 Å². The lowest BCUT2D eigenvalue weighted by Crippen LogP contribution is -2.20. The molecule has 0 aromatic carbocycles. The van der Waals surface area contributed by atoms with Crippen molar-refractivity contribution in [3.63, 3.8) is 0 Å². The summed E-state index contributed by atoms with van der Waals surface area (Å²) in [6.07, 6.45) is 2.27. The first kappa shape index (κ1) is 14.1. The normalized spacial score (nSPS) is 12.9. The molecule has 0 fully saturated rings. The summed E-state index contributed by atoms with van der Waals surface area (Å²) >= 11 is 0. The second kappa shape index (κ2) is 6.66. The van der Waals surface area contributed by atoms with E-state index < -0.39 is 12.3 Å². The van der Waals surface area contributed by atoms with E-state index in [1.165, 1.54) is 20.1 Å². The number of pyridine rings is 1. The lowest BCUT2D eigenvalue weighted by molar-refractivity contribution is -0.165. The number of hydrogen-bond donors (Lipinski definition) is 0. The zero-order valence-electron chi connectivity index (χ0n) is 10.5. The van der Waals surface area contributed by atoms with Crippen molar-refractivity contribution in [1.29, 1.82) is 0 Å². The lowest BCUT2D eigenvalue weighted by atomic mass is 10.1. The van der Waals surface area contributed by atoms with Crippen LogP contribution in [0.3, 0.4) is 0 Å². The highest BCUT2D eigenvalue weighted by molar-refractivity contribution is 6.19. The standard InChI is InChI=1S/C13H15NO4/c1-9(15)12(13(16)18-10(2)17-3)8-11-6-4-5-7-14-11/h4-8,10H,1-3H3/b12-8-. The van der Waals surface area contributed by atoms with Crippen molar-refractivity contribution in [2.75, 3.05) is 7.11 Å². The smallest absolute Gasteiger partial charge is 0.344 e. The van der Waals surface area contributed by atoms with Gasteiger partial charge in [0.05, 0.1) is 5.69 Å². The van der Waals surface area contributed by atoms with Crippen LogP contribution in [-0.4, -0.2) is 30.1 Å². The van der Waals surface area contributed by atoms with Crippen LogP contribution in [0.15, 0.2) is 30.0 Å². The molecule has 5 nitrogen and oxygen atoms in total. The summed E-state index contributed by atoms with van der Waals surface area (Å²) in [5.41, 5.74) is 0.460. The summed E-state index contributed by atoms with van der Waals surface area (Å²) in [4.78, 5) is 27.2. The molecule has 1 heterocycles. The maximum absolute atomic E-state index is 11.7. The minimum atomic E-state index is -0.720. The third-order valence-corrected chi connectivity index (χ3v) is 2.18. The highest BCUT2D eigenvalue weighted by atomic mass is 16.7. The van der Waals surface area contributed by atoms with Gasteiger partial charge in [0.15, 0.2) is 12.1 Å². The molecular formula is C13H15NO4. The molecule has 96 valence electrons. The Kier molecular flexibility index (Phi) is 5.20. The minimum Gasteiger partial charge on any atom is -0.432 e. The molecule has 0 amide bonds. The first-order chi connectivity index (χ1) is 8.54. The Morgan fingerprint density at radius 3 is 2.61 bits per heavy atom. The van der Waals surface area contributed by atoms with E-state index in [0.29, 0.717) is 5.69 Å². The van der Waals surface area contributed by atoms with E-state index >= 15 is 0 Å². The van der Waals surface area contributed by atoms with Gasteiger partial charge in [0.25, 0.3) is 0 Å². The third-order valence-electron chi connectivity index (χ3n) is 2.18. The average molecular weight is 249 g/mol. The number of ether oxygens (including phenoxy) is 2. The van der Waals surface area contributed by atoms with Gasteiger partial charge < -0.3 is 9.47 Å². The van der Waals surface area contributed by atoms with E-state index in [9.17, 15) is 9.59 Å². The Morgan fingerprint density at radius 2 is 2.11 bits per heavy atom. The molecule has 0 bridgehead atoms. The molecule has 1 unspecified atom stereocenters. The molecule has 0 spiro atoms. The molecular weight excluding hydrogens is 234 g/mol. The number of rotatable bonds is 5. The summed E-state index contributed by atoms with van der Waals surface area (Å²) in [7, 11) is 1.41. The second-order valence-electron chi connectivity index (χ2n) is 3.58. The van der Waals surface area contributed by atoms with Gasteiger partial charge in [-0.25, -0.2) is 4.79 Å². The highest BCUT2D eigenvalue weighted by Gasteiger charge is 2.18. The SMILES string of the molecule is COC(C)OC(=O)/C(=C\c1ccccn1)C(C)=O. The Labute approximate surface area is 105 Å². The molecule has 0 saturated carbocycles. The quantitative estimate of drug-likeness (QED) is 0.261. The predicted octanol–water partition coefficient (Wildman–Crippen LogP) is 1.59. The first-order valence-electron chi connectivity index (χ1n) is 5.42. The minimum absolute atomic E-state index is 0.0578. The summed E-state index contributed by atoms with van der Waals surface area (Å²) in [5, 5.41) is 0. The van der Waals surface area contributed by atoms with Gasteiger partial charge in [-0.3, -0.25) is 9.78 Å². The Morgan fingerprint density at radius 1 is 1.39 bits per heavy atom. The molecule has 0 saturated heterocycles. The molecule has 1 atom stereocenters. The molecule has 0 radical (unpaired) electrons. The summed E-state index contributed by atoms with van der Waals surface area (Å²) in [5.74, 6) is -1.10. The lowest BCUT2D eigenvalue weighted by Gasteiger charge is -2.11. The van der Waals surface area contributed by atoms with Crippen molar-refractivity contribution in [2.24, 2.45) is 0 Å². The van der Waals surface area contributed by atoms with Gasteiger partial charge in [-0.05, 0) is 32.1 Å². The fraction of sp³-hybridized carbons (Fsp3) is 0.308. The van der Waals surface area contributed by atoms with Crippen molar-refractivity contribution in [1.82, 2.24) is 4.98 Å². The van der Waals surface area contributed by atoms with Crippen molar-refractivity contribution in [3.05, 3.63) is 35.7 Å². The van der Waals surface area contributed by atoms with Gasteiger partial charge >= 0.3 is 5.97 Å². The molecule has 0 N–H and O–H groups in total. The maximum atomic E-state index is 11.7. The number of hydrogen-bond acceptors (Lipinski definition) is 5. The van der Waals surface area contributed by atoms with Gasteiger partial charge in [0.1, 0.15) is 5.57 Å². The predicted molar refractivity (Wildman–Crippen MR) is 65.5 cm³/mol. The Hall–Kier alpha value is -2.01. The molecule has 18 heavy (non-hydrogen) atoms. The fourth-order valence-corrected chi connectivity index (χ4v) is 1.18.